The second-order valence-corrected chi connectivity index (χ2v) is 6.13. The number of rotatable bonds is 4. The van der Waals surface area contributed by atoms with Crippen LogP contribution in [0.2, 0.25) is 0 Å². The Morgan fingerprint density at radius 2 is 2.11 bits per heavy atom. The quantitative estimate of drug-likeness (QED) is 0.747. The summed E-state index contributed by atoms with van der Waals surface area (Å²) in [6.07, 6.45) is 1.66. The predicted molar refractivity (Wildman–Crippen MR) is 97.0 cm³/mol. The summed E-state index contributed by atoms with van der Waals surface area (Å²) in [6.45, 7) is 5.38. The second kappa shape index (κ2) is 8.02. The van der Waals surface area contributed by atoms with Gasteiger partial charge in [-0.3, -0.25) is 4.84 Å². The molecule has 1 aliphatic rings. The molecular formula is C17H22N5O5+. The van der Waals surface area contributed by atoms with Crippen molar-refractivity contribution in [3.8, 4) is 6.01 Å². The number of fused-ring (bicyclic) bond motifs is 1. The highest BCUT2D eigenvalue weighted by Gasteiger charge is 2.21. The number of hydrogen-bond donors (Lipinski definition) is 2. The van der Waals surface area contributed by atoms with Crippen molar-refractivity contribution in [1.82, 2.24) is 15.2 Å². The van der Waals surface area contributed by atoms with Crippen LogP contribution in [0.1, 0.15) is 32.3 Å². The number of aryl methyl sites for hydroxylation is 1. The lowest BCUT2D eigenvalue weighted by atomic mass is 10.1. The number of aromatic nitrogens is 2. The normalized spacial score (nSPS) is 14.3. The SMILES string of the molecule is CCNC(=O)N1CCC(=NOc2[nH]c(=O)c3c(CC)cc(=O)oc3[nH+]2)CC1. The van der Waals surface area contributed by atoms with E-state index >= 15 is 0 Å². The number of aromatic amines is 2. The van der Waals surface area contributed by atoms with Gasteiger partial charge < -0.3 is 14.6 Å². The first-order valence-corrected chi connectivity index (χ1v) is 8.89. The van der Waals surface area contributed by atoms with Gasteiger partial charge >= 0.3 is 28.9 Å². The van der Waals surface area contributed by atoms with Crippen molar-refractivity contribution in [2.24, 2.45) is 5.16 Å². The highest BCUT2D eigenvalue weighted by molar-refractivity contribution is 5.87. The molecule has 0 aliphatic carbocycles. The summed E-state index contributed by atoms with van der Waals surface area (Å²) >= 11 is 0. The molecule has 1 fully saturated rings. The van der Waals surface area contributed by atoms with Crippen molar-refractivity contribution in [1.29, 1.82) is 0 Å². The number of nitrogens with zero attached hydrogens (tertiary/aromatic N) is 2. The second-order valence-electron chi connectivity index (χ2n) is 6.13. The zero-order valence-corrected chi connectivity index (χ0v) is 15.3. The molecule has 2 aromatic heterocycles. The molecule has 0 saturated carbocycles. The first-order valence-electron chi connectivity index (χ1n) is 8.89. The van der Waals surface area contributed by atoms with Crippen LogP contribution in [-0.2, 0) is 6.42 Å². The lowest BCUT2D eigenvalue weighted by Crippen LogP contribution is -2.44. The van der Waals surface area contributed by atoms with Crippen molar-refractivity contribution in [3.63, 3.8) is 0 Å². The van der Waals surface area contributed by atoms with Crippen LogP contribution in [0.15, 0.2) is 25.2 Å². The number of H-pyrrole nitrogens is 2. The third-order valence-electron chi connectivity index (χ3n) is 4.33. The van der Waals surface area contributed by atoms with Crippen molar-refractivity contribution in [2.75, 3.05) is 19.6 Å². The summed E-state index contributed by atoms with van der Waals surface area (Å²) in [6, 6.07) is 1.18. The van der Waals surface area contributed by atoms with Gasteiger partial charge in [0.1, 0.15) is 0 Å². The van der Waals surface area contributed by atoms with E-state index in [1.807, 2.05) is 13.8 Å². The van der Waals surface area contributed by atoms with Gasteiger partial charge in [0.25, 0.3) is 0 Å². The van der Waals surface area contributed by atoms with Crippen LogP contribution in [0.5, 0.6) is 6.01 Å². The third kappa shape index (κ3) is 4.15. The molecule has 144 valence electrons. The van der Waals surface area contributed by atoms with Crippen molar-refractivity contribution in [3.05, 3.63) is 32.4 Å². The van der Waals surface area contributed by atoms with E-state index < -0.39 is 11.2 Å². The number of oxime groups is 1. The van der Waals surface area contributed by atoms with Gasteiger partial charge in [-0.25, -0.2) is 14.4 Å². The lowest BCUT2D eigenvalue weighted by Gasteiger charge is -2.27. The van der Waals surface area contributed by atoms with E-state index in [1.165, 1.54) is 6.07 Å². The van der Waals surface area contributed by atoms with Crippen LogP contribution < -0.4 is 26.3 Å². The van der Waals surface area contributed by atoms with Crippen LogP contribution in [0.4, 0.5) is 4.79 Å². The Morgan fingerprint density at radius 3 is 2.78 bits per heavy atom. The first-order chi connectivity index (χ1) is 13.0. The van der Waals surface area contributed by atoms with Crippen molar-refractivity contribution < 1.29 is 19.0 Å². The Morgan fingerprint density at radius 1 is 1.37 bits per heavy atom. The Labute approximate surface area is 154 Å². The van der Waals surface area contributed by atoms with Gasteiger partial charge in [0, 0.05) is 38.5 Å². The summed E-state index contributed by atoms with van der Waals surface area (Å²) in [5.41, 5.74) is 0.439. The summed E-state index contributed by atoms with van der Waals surface area (Å²) in [4.78, 5) is 48.0. The molecule has 3 rings (SSSR count). The topological polar surface area (TPSA) is 131 Å². The van der Waals surface area contributed by atoms with E-state index in [1.54, 1.807) is 4.90 Å². The number of nitrogens with one attached hydrogen (secondary N) is 3. The number of carbonyl (C=O) groups excluding carboxylic acids is 1. The van der Waals surface area contributed by atoms with E-state index in [0.29, 0.717) is 44.5 Å². The van der Waals surface area contributed by atoms with E-state index in [4.69, 9.17) is 9.25 Å². The molecule has 0 unspecified atom stereocenters. The smallest absolute Gasteiger partial charge is 0.385 e. The van der Waals surface area contributed by atoms with E-state index in [0.717, 1.165) is 5.71 Å². The molecule has 3 N–H and O–H groups in total. The number of amides is 2. The van der Waals surface area contributed by atoms with Crippen LogP contribution in [0.3, 0.4) is 0 Å². The van der Waals surface area contributed by atoms with Gasteiger partial charge in [0.15, 0.2) is 5.39 Å². The molecule has 1 saturated heterocycles. The molecule has 10 heteroatoms. The predicted octanol–water partition coefficient (Wildman–Crippen LogP) is 0.418. The van der Waals surface area contributed by atoms with Crippen LogP contribution in [0.25, 0.3) is 11.1 Å². The van der Waals surface area contributed by atoms with Gasteiger partial charge in [-0.1, -0.05) is 12.1 Å². The van der Waals surface area contributed by atoms with E-state index in [9.17, 15) is 14.4 Å². The van der Waals surface area contributed by atoms with Gasteiger partial charge in [-0.15, -0.1) is 0 Å². The minimum atomic E-state index is -0.545. The van der Waals surface area contributed by atoms with Gasteiger partial charge in [0.2, 0.25) is 0 Å². The molecule has 3 heterocycles. The summed E-state index contributed by atoms with van der Waals surface area (Å²) in [5.74, 6) is 0. The molecule has 10 nitrogen and oxygen atoms in total. The van der Waals surface area contributed by atoms with Gasteiger partial charge in [-0.2, -0.15) is 9.97 Å². The maximum atomic E-state index is 12.3. The minimum Gasteiger partial charge on any atom is -0.385 e. The minimum absolute atomic E-state index is 0.0254. The molecule has 2 amide bonds. The summed E-state index contributed by atoms with van der Waals surface area (Å²) in [5, 5.41) is 7.09. The van der Waals surface area contributed by atoms with E-state index in [2.05, 4.69) is 20.4 Å². The monoisotopic (exact) mass is 376 g/mol. The number of likely N-dealkylation sites (tertiary alicyclic amines) is 1. The molecule has 0 radical (unpaired) electrons. The maximum Gasteiger partial charge on any atom is 0.484 e. The molecule has 0 aromatic carbocycles. The number of carbonyl (C=O) groups is 1. The number of piperidine rings is 1. The standard InChI is InChI=1S/C17H21N5O5/c1-3-10-9-12(23)26-15-13(10)14(24)19-16(20-15)27-21-11-5-7-22(8-6-11)17(25)18-4-2/h9H,3-8H2,1-2H3,(H,18,25)(H,19,20,24)/p+1. The fourth-order valence-electron chi connectivity index (χ4n) is 2.94. The molecule has 2 aromatic rings. The summed E-state index contributed by atoms with van der Waals surface area (Å²) < 4.78 is 5.07. The average Bonchev–Trinajstić information content (AvgIpc) is 2.66. The Balaban J connectivity index is 1.74. The van der Waals surface area contributed by atoms with Crippen LogP contribution >= 0.6 is 0 Å². The molecule has 0 atom stereocenters. The fourth-order valence-corrected chi connectivity index (χ4v) is 2.94. The van der Waals surface area contributed by atoms with Gasteiger partial charge in [0.05, 0.1) is 5.71 Å². The Bertz CT molecular complexity index is 983. The molecule has 27 heavy (non-hydrogen) atoms. The largest absolute Gasteiger partial charge is 0.484 e. The van der Waals surface area contributed by atoms with Crippen LogP contribution in [-0.4, -0.2) is 41.3 Å². The van der Waals surface area contributed by atoms with Gasteiger partial charge in [-0.05, 0) is 18.9 Å². The highest BCUT2D eigenvalue weighted by atomic mass is 16.6. The zero-order valence-electron chi connectivity index (χ0n) is 15.3. The number of urea groups is 1. The first kappa shape index (κ1) is 18.6. The third-order valence-corrected chi connectivity index (χ3v) is 4.33. The molecule has 0 bridgehead atoms. The van der Waals surface area contributed by atoms with Crippen molar-refractivity contribution >= 4 is 22.8 Å². The lowest BCUT2D eigenvalue weighted by molar-refractivity contribution is -0.380. The van der Waals surface area contributed by atoms with E-state index in [-0.39, 0.29) is 23.1 Å². The Kier molecular flexibility index (Phi) is 5.53. The highest BCUT2D eigenvalue weighted by Crippen LogP contribution is 2.11. The molecule has 1 aliphatic heterocycles. The molecular weight excluding hydrogens is 354 g/mol. The zero-order chi connectivity index (χ0) is 19.4. The van der Waals surface area contributed by atoms with Crippen LogP contribution in [0, 0.1) is 0 Å². The maximum absolute atomic E-state index is 12.3. The Hall–Kier alpha value is -3.17. The molecule has 0 spiro atoms. The van der Waals surface area contributed by atoms with Crippen molar-refractivity contribution in [2.45, 2.75) is 33.1 Å². The summed E-state index contributed by atoms with van der Waals surface area (Å²) in [7, 11) is 0. The average molecular weight is 376 g/mol. The number of hydrogen-bond acceptors (Lipinski definition) is 6. The fraction of sp³-hybridized carbons (Fsp3) is 0.471.